The first-order valence-corrected chi connectivity index (χ1v) is 6.94. The molecule has 17 heavy (non-hydrogen) atoms. The van der Waals surface area contributed by atoms with Crippen LogP contribution in [0.15, 0.2) is 23.1 Å². The van der Waals surface area contributed by atoms with Crippen molar-refractivity contribution in [1.29, 1.82) is 0 Å². The third kappa shape index (κ3) is 3.64. The topological polar surface area (TPSA) is 72.2 Å². The van der Waals surface area contributed by atoms with E-state index in [-0.39, 0.29) is 22.5 Å². The van der Waals surface area contributed by atoms with Gasteiger partial charge in [-0.25, -0.2) is 17.5 Å². The normalized spacial score (nSPS) is 13.6. The molecule has 0 aliphatic rings. The van der Waals surface area contributed by atoms with Crippen molar-refractivity contribution < 1.29 is 12.8 Å². The van der Waals surface area contributed by atoms with Crippen LogP contribution >= 0.6 is 11.6 Å². The zero-order valence-corrected chi connectivity index (χ0v) is 10.9. The summed E-state index contributed by atoms with van der Waals surface area (Å²) >= 11 is 5.73. The van der Waals surface area contributed by atoms with Crippen LogP contribution in [0.5, 0.6) is 0 Å². The van der Waals surface area contributed by atoms with Crippen LogP contribution < -0.4 is 10.5 Å². The Morgan fingerprint density at radius 3 is 2.71 bits per heavy atom. The minimum Gasteiger partial charge on any atom is -0.329 e. The van der Waals surface area contributed by atoms with Crippen molar-refractivity contribution in [2.75, 3.05) is 6.54 Å². The SMILES string of the molecule is CCC(CN)NS(=O)(=O)c1cc(F)ccc1Cl. The summed E-state index contributed by atoms with van der Waals surface area (Å²) in [5.74, 6) is -0.657. The fourth-order valence-electron chi connectivity index (χ4n) is 1.26. The molecule has 0 saturated heterocycles. The van der Waals surface area contributed by atoms with Crippen LogP contribution in [0.4, 0.5) is 4.39 Å². The lowest BCUT2D eigenvalue weighted by Crippen LogP contribution is -2.39. The van der Waals surface area contributed by atoms with Gasteiger partial charge in [0.1, 0.15) is 10.7 Å². The molecule has 1 aromatic rings. The summed E-state index contributed by atoms with van der Waals surface area (Å²) in [7, 11) is -3.84. The molecule has 96 valence electrons. The zero-order chi connectivity index (χ0) is 13.1. The molecule has 0 spiro atoms. The van der Waals surface area contributed by atoms with Crippen LogP contribution in [0.25, 0.3) is 0 Å². The number of nitrogens with one attached hydrogen (secondary N) is 1. The van der Waals surface area contributed by atoms with Gasteiger partial charge in [0.25, 0.3) is 0 Å². The first kappa shape index (κ1) is 14.4. The summed E-state index contributed by atoms with van der Waals surface area (Å²) in [5.41, 5.74) is 5.40. The van der Waals surface area contributed by atoms with Gasteiger partial charge in [-0.2, -0.15) is 0 Å². The van der Waals surface area contributed by atoms with Crippen LogP contribution in [0.1, 0.15) is 13.3 Å². The van der Waals surface area contributed by atoms with E-state index in [9.17, 15) is 12.8 Å². The Bertz CT molecular complexity index is 489. The van der Waals surface area contributed by atoms with Crippen molar-refractivity contribution in [3.63, 3.8) is 0 Å². The zero-order valence-electron chi connectivity index (χ0n) is 9.28. The largest absolute Gasteiger partial charge is 0.329 e. The smallest absolute Gasteiger partial charge is 0.242 e. The molecule has 0 amide bonds. The van der Waals surface area contributed by atoms with Crippen molar-refractivity contribution in [2.24, 2.45) is 5.73 Å². The highest BCUT2D eigenvalue weighted by atomic mass is 35.5. The summed E-state index contributed by atoms with van der Waals surface area (Å²) in [6, 6.07) is 2.80. The molecule has 0 saturated carbocycles. The first-order chi connectivity index (χ1) is 7.90. The number of halogens is 2. The average Bonchev–Trinajstić information content (AvgIpc) is 2.29. The van der Waals surface area contributed by atoms with Crippen LogP contribution in [-0.2, 0) is 10.0 Å². The van der Waals surface area contributed by atoms with Gasteiger partial charge in [-0.15, -0.1) is 0 Å². The number of nitrogens with two attached hydrogens (primary N) is 1. The van der Waals surface area contributed by atoms with E-state index in [1.165, 1.54) is 6.07 Å². The number of hydrogen-bond donors (Lipinski definition) is 2. The van der Waals surface area contributed by atoms with Gasteiger partial charge in [0.05, 0.1) is 5.02 Å². The summed E-state index contributed by atoms with van der Waals surface area (Å²) in [4.78, 5) is -0.272. The van der Waals surface area contributed by atoms with Crippen LogP contribution in [0.2, 0.25) is 5.02 Å². The Morgan fingerprint density at radius 2 is 2.18 bits per heavy atom. The highest BCUT2D eigenvalue weighted by molar-refractivity contribution is 7.89. The lowest BCUT2D eigenvalue weighted by atomic mass is 10.2. The molecule has 4 nitrogen and oxygen atoms in total. The highest BCUT2D eigenvalue weighted by Gasteiger charge is 2.21. The maximum atomic E-state index is 13.0. The van der Waals surface area contributed by atoms with E-state index < -0.39 is 15.8 Å². The van der Waals surface area contributed by atoms with Gasteiger partial charge in [-0.1, -0.05) is 18.5 Å². The molecule has 0 radical (unpaired) electrons. The second-order valence-electron chi connectivity index (χ2n) is 3.54. The summed E-state index contributed by atoms with van der Waals surface area (Å²) < 4.78 is 39.2. The van der Waals surface area contributed by atoms with Crippen LogP contribution in [0.3, 0.4) is 0 Å². The number of benzene rings is 1. The molecule has 0 aromatic heterocycles. The van der Waals surface area contributed by atoms with Gasteiger partial charge in [0.2, 0.25) is 10.0 Å². The average molecular weight is 281 g/mol. The van der Waals surface area contributed by atoms with Crippen molar-refractivity contribution in [1.82, 2.24) is 4.72 Å². The van der Waals surface area contributed by atoms with Gasteiger partial charge in [-0.3, -0.25) is 0 Å². The van der Waals surface area contributed by atoms with E-state index in [1.807, 2.05) is 0 Å². The van der Waals surface area contributed by atoms with Gasteiger partial charge in [0, 0.05) is 12.6 Å². The quantitative estimate of drug-likeness (QED) is 0.858. The maximum Gasteiger partial charge on any atom is 0.242 e. The summed E-state index contributed by atoms with van der Waals surface area (Å²) in [5, 5.41) is -0.0224. The standard InChI is InChI=1S/C10H14ClFN2O2S/c1-2-8(6-13)14-17(15,16)10-5-7(12)3-4-9(10)11/h3-5,8,14H,2,6,13H2,1H3. The summed E-state index contributed by atoms with van der Waals surface area (Å²) in [6.07, 6.45) is 0.544. The highest BCUT2D eigenvalue weighted by Crippen LogP contribution is 2.22. The Kier molecular flexibility index (Phi) is 4.88. The van der Waals surface area contributed by atoms with Gasteiger partial charge < -0.3 is 5.73 Å². The monoisotopic (exact) mass is 280 g/mol. The molecule has 0 aliphatic heterocycles. The van der Waals surface area contributed by atoms with E-state index in [0.29, 0.717) is 6.42 Å². The van der Waals surface area contributed by atoms with Gasteiger partial charge in [-0.05, 0) is 24.6 Å². The third-order valence-electron chi connectivity index (χ3n) is 2.28. The Morgan fingerprint density at radius 1 is 1.53 bits per heavy atom. The maximum absolute atomic E-state index is 13.0. The number of sulfonamides is 1. The molecule has 0 aliphatic carbocycles. The minimum atomic E-state index is -3.84. The first-order valence-electron chi connectivity index (χ1n) is 5.08. The van der Waals surface area contributed by atoms with Crippen molar-refractivity contribution in [3.8, 4) is 0 Å². The second kappa shape index (κ2) is 5.77. The molecule has 1 rings (SSSR count). The van der Waals surface area contributed by atoms with E-state index >= 15 is 0 Å². The molecule has 1 atom stereocenters. The molecule has 0 bridgehead atoms. The van der Waals surface area contributed by atoms with Crippen LogP contribution in [0, 0.1) is 5.82 Å². The molecule has 0 heterocycles. The molecular weight excluding hydrogens is 267 g/mol. The second-order valence-corrected chi connectivity index (χ2v) is 5.63. The predicted molar refractivity (Wildman–Crippen MR) is 64.9 cm³/mol. The predicted octanol–water partition coefficient (Wildman–Crippen LogP) is 1.49. The van der Waals surface area contributed by atoms with Crippen molar-refractivity contribution >= 4 is 21.6 Å². The Hall–Kier alpha value is -0.690. The Labute approximate surface area is 105 Å². The molecule has 1 unspecified atom stereocenters. The fraction of sp³-hybridized carbons (Fsp3) is 0.400. The third-order valence-corrected chi connectivity index (χ3v) is 4.28. The number of rotatable bonds is 5. The summed E-state index contributed by atoms with van der Waals surface area (Å²) in [6.45, 7) is 1.97. The molecule has 7 heteroatoms. The molecule has 0 fully saturated rings. The lowest BCUT2D eigenvalue weighted by molar-refractivity contribution is 0.541. The van der Waals surface area contributed by atoms with Crippen LogP contribution in [-0.4, -0.2) is 21.0 Å². The molecule has 1 aromatic carbocycles. The van der Waals surface area contributed by atoms with E-state index in [4.69, 9.17) is 17.3 Å². The van der Waals surface area contributed by atoms with E-state index in [0.717, 1.165) is 12.1 Å². The van der Waals surface area contributed by atoms with E-state index in [2.05, 4.69) is 4.72 Å². The van der Waals surface area contributed by atoms with Crippen molar-refractivity contribution in [2.45, 2.75) is 24.3 Å². The minimum absolute atomic E-state index is 0.0224. The van der Waals surface area contributed by atoms with Crippen molar-refractivity contribution in [3.05, 3.63) is 29.0 Å². The number of hydrogen-bond acceptors (Lipinski definition) is 3. The lowest BCUT2D eigenvalue weighted by Gasteiger charge is -2.15. The van der Waals surface area contributed by atoms with Gasteiger partial charge >= 0.3 is 0 Å². The van der Waals surface area contributed by atoms with Gasteiger partial charge in [0.15, 0.2) is 0 Å². The molecule has 3 N–H and O–H groups in total. The Balaban J connectivity index is 3.09. The molecular formula is C10H14ClFN2O2S. The fourth-order valence-corrected chi connectivity index (χ4v) is 3.11. The van der Waals surface area contributed by atoms with E-state index in [1.54, 1.807) is 6.92 Å².